The minimum Gasteiger partial charge on any atom is -0.353 e. The van der Waals surface area contributed by atoms with E-state index < -0.39 is 0 Å². The molecule has 0 fully saturated rings. The number of nitrogens with one attached hydrogen (secondary N) is 1. The molecule has 0 spiro atoms. The molecule has 1 unspecified atom stereocenters. The van der Waals surface area contributed by atoms with Crippen LogP contribution >= 0.6 is 0 Å². The zero-order valence-corrected chi connectivity index (χ0v) is 12.6. The molecule has 1 aliphatic carbocycles. The molecule has 106 valence electrons. The number of anilines is 1. The molecule has 3 nitrogen and oxygen atoms in total. The number of fused-ring (bicyclic) bond motifs is 1. The number of hydrogen-bond donors (Lipinski definition) is 1. The molecule has 3 rings (SSSR count). The van der Waals surface area contributed by atoms with E-state index in [4.69, 9.17) is 0 Å². The molecule has 1 aromatic heterocycles. The maximum absolute atomic E-state index is 4.63. The summed E-state index contributed by atoms with van der Waals surface area (Å²) < 4.78 is 2.23. The number of hydrogen-bond acceptors (Lipinski definition) is 2. The fourth-order valence-corrected chi connectivity index (χ4v) is 3.02. The van der Waals surface area contributed by atoms with Crippen molar-refractivity contribution in [2.24, 2.45) is 0 Å². The summed E-state index contributed by atoms with van der Waals surface area (Å²) in [4.78, 5) is 4.63. The second kappa shape index (κ2) is 5.31. The van der Waals surface area contributed by atoms with Gasteiger partial charge >= 0.3 is 0 Å². The van der Waals surface area contributed by atoms with Crippen molar-refractivity contribution in [3.8, 4) is 0 Å². The molecule has 1 N–H and O–H groups in total. The molecule has 1 aromatic carbocycles. The van der Waals surface area contributed by atoms with Crippen molar-refractivity contribution in [2.45, 2.75) is 52.1 Å². The Labute approximate surface area is 121 Å². The van der Waals surface area contributed by atoms with Gasteiger partial charge in [0, 0.05) is 18.3 Å². The van der Waals surface area contributed by atoms with E-state index in [1.807, 2.05) is 0 Å². The van der Waals surface area contributed by atoms with Gasteiger partial charge in [-0.25, -0.2) is 4.98 Å². The Morgan fingerprint density at radius 2 is 2.00 bits per heavy atom. The lowest BCUT2D eigenvalue weighted by atomic mass is 9.88. The summed E-state index contributed by atoms with van der Waals surface area (Å²) in [5.74, 6) is 1.02. The highest BCUT2D eigenvalue weighted by molar-refractivity contribution is 5.36. The molecule has 1 atom stereocenters. The minimum absolute atomic E-state index is 0.439. The molecule has 0 aliphatic heterocycles. The molecular formula is C17H23N3. The SMILES string of the molecule is Cc1cn(C(C)C)c(NC2CCc3ccccc3C2)n1. The van der Waals surface area contributed by atoms with Crippen LogP contribution in [0.5, 0.6) is 0 Å². The molecular weight excluding hydrogens is 246 g/mol. The standard InChI is InChI=1S/C17H23N3/c1-12(2)20-11-13(3)18-17(20)19-16-9-8-14-6-4-5-7-15(14)10-16/h4-7,11-12,16H,8-10H2,1-3H3,(H,18,19). The van der Waals surface area contributed by atoms with Crippen LogP contribution in [0, 0.1) is 6.92 Å². The first kappa shape index (κ1) is 13.2. The minimum atomic E-state index is 0.439. The van der Waals surface area contributed by atoms with Gasteiger partial charge in [0.25, 0.3) is 0 Å². The van der Waals surface area contributed by atoms with Crippen LogP contribution in [0.3, 0.4) is 0 Å². The van der Waals surface area contributed by atoms with Crippen LogP contribution in [0.1, 0.15) is 43.1 Å². The molecule has 1 aliphatic rings. The van der Waals surface area contributed by atoms with Crippen molar-refractivity contribution in [1.29, 1.82) is 0 Å². The van der Waals surface area contributed by atoms with Gasteiger partial charge in [0.2, 0.25) is 5.95 Å². The van der Waals surface area contributed by atoms with Gasteiger partial charge in [-0.1, -0.05) is 24.3 Å². The van der Waals surface area contributed by atoms with E-state index >= 15 is 0 Å². The molecule has 2 aromatic rings. The Bertz CT molecular complexity index is 598. The fraction of sp³-hybridized carbons (Fsp3) is 0.471. The Morgan fingerprint density at radius 1 is 1.25 bits per heavy atom. The average molecular weight is 269 g/mol. The van der Waals surface area contributed by atoms with Gasteiger partial charge in [0.15, 0.2) is 0 Å². The largest absolute Gasteiger partial charge is 0.353 e. The molecule has 0 saturated heterocycles. The van der Waals surface area contributed by atoms with Crippen molar-refractivity contribution in [3.05, 3.63) is 47.3 Å². The molecule has 20 heavy (non-hydrogen) atoms. The topological polar surface area (TPSA) is 29.9 Å². The van der Waals surface area contributed by atoms with E-state index in [9.17, 15) is 0 Å². The fourth-order valence-electron chi connectivity index (χ4n) is 3.02. The highest BCUT2D eigenvalue weighted by Gasteiger charge is 2.20. The zero-order chi connectivity index (χ0) is 14.1. The van der Waals surface area contributed by atoms with Gasteiger partial charge in [-0.2, -0.15) is 0 Å². The monoisotopic (exact) mass is 269 g/mol. The molecule has 0 radical (unpaired) electrons. The highest BCUT2D eigenvalue weighted by Crippen LogP contribution is 2.24. The predicted octanol–water partition coefficient (Wildman–Crippen LogP) is 3.74. The van der Waals surface area contributed by atoms with Gasteiger partial charge < -0.3 is 9.88 Å². The van der Waals surface area contributed by atoms with Crippen LogP contribution in [-0.2, 0) is 12.8 Å². The lowest BCUT2D eigenvalue weighted by Crippen LogP contribution is -2.29. The smallest absolute Gasteiger partial charge is 0.203 e. The summed E-state index contributed by atoms with van der Waals surface area (Å²) in [6, 6.07) is 9.72. The van der Waals surface area contributed by atoms with Crippen LogP contribution in [0.4, 0.5) is 5.95 Å². The van der Waals surface area contributed by atoms with Crippen LogP contribution < -0.4 is 5.32 Å². The predicted molar refractivity (Wildman–Crippen MR) is 83.2 cm³/mol. The van der Waals surface area contributed by atoms with Crippen molar-refractivity contribution < 1.29 is 0 Å². The highest BCUT2D eigenvalue weighted by atomic mass is 15.2. The quantitative estimate of drug-likeness (QED) is 0.920. The van der Waals surface area contributed by atoms with Crippen molar-refractivity contribution in [1.82, 2.24) is 9.55 Å². The van der Waals surface area contributed by atoms with E-state index in [0.717, 1.165) is 24.5 Å². The van der Waals surface area contributed by atoms with Gasteiger partial charge in [-0.15, -0.1) is 0 Å². The summed E-state index contributed by atoms with van der Waals surface area (Å²) in [5.41, 5.74) is 4.07. The summed E-state index contributed by atoms with van der Waals surface area (Å²) in [6.45, 7) is 6.45. The van der Waals surface area contributed by atoms with Crippen molar-refractivity contribution in [2.75, 3.05) is 5.32 Å². The van der Waals surface area contributed by atoms with Gasteiger partial charge in [-0.05, 0) is 51.2 Å². The van der Waals surface area contributed by atoms with E-state index in [2.05, 4.69) is 66.1 Å². The molecule has 0 saturated carbocycles. The number of aryl methyl sites for hydroxylation is 2. The lowest BCUT2D eigenvalue weighted by Gasteiger charge is -2.26. The van der Waals surface area contributed by atoms with Crippen LogP contribution in [-0.4, -0.2) is 15.6 Å². The summed E-state index contributed by atoms with van der Waals surface area (Å²) in [6.07, 6.45) is 5.57. The van der Waals surface area contributed by atoms with Gasteiger partial charge in [0.1, 0.15) is 0 Å². The number of imidazole rings is 1. The molecule has 3 heteroatoms. The van der Waals surface area contributed by atoms with E-state index in [1.165, 1.54) is 17.5 Å². The third-order valence-corrected chi connectivity index (χ3v) is 4.09. The maximum Gasteiger partial charge on any atom is 0.203 e. The number of benzene rings is 1. The molecule has 1 heterocycles. The Kier molecular flexibility index (Phi) is 3.51. The third kappa shape index (κ3) is 2.58. The molecule has 0 bridgehead atoms. The zero-order valence-electron chi connectivity index (χ0n) is 12.6. The third-order valence-electron chi connectivity index (χ3n) is 4.09. The van der Waals surface area contributed by atoms with E-state index in [0.29, 0.717) is 12.1 Å². The summed E-state index contributed by atoms with van der Waals surface area (Å²) >= 11 is 0. The second-order valence-electron chi connectivity index (χ2n) is 6.06. The first-order chi connectivity index (χ1) is 9.63. The maximum atomic E-state index is 4.63. The second-order valence-corrected chi connectivity index (χ2v) is 6.06. The van der Waals surface area contributed by atoms with Crippen LogP contribution in [0.25, 0.3) is 0 Å². The van der Waals surface area contributed by atoms with Gasteiger partial charge in [0.05, 0.1) is 5.69 Å². The normalized spacial score (nSPS) is 18.1. The summed E-state index contributed by atoms with van der Waals surface area (Å²) in [7, 11) is 0. The van der Waals surface area contributed by atoms with Crippen LogP contribution in [0.2, 0.25) is 0 Å². The summed E-state index contributed by atoms with van der Waals surface area (Å²) in [5, 5.41) is 3.64. The van der Waals surface area contributed by atoms with E-state index in [-0.39, 0.29) is 0 Å². The first-order valence-corrected chi connectivity index (χ1v) is 7.52. The molecule has 0 amide bonds. The van der Waals surface area contributed by atoms with E-state index in [1.54, 1.807) is 0 Å². The van der Waals surface area contributed by atoms with Gasteiger partial charge in [-0.3, -0.25) is 0 Å². The first-order valence-electron chi connectivity index (χ1n) is 7.52. The Morgan fingerprint density at radius 3 is 2.75 bits per heavy atom. The number of aromatic nitrogens is 2. The van der Waals surface area contributed by atoms with Crippen LogP contribution in [0.15, 0.2) is 30.5 Å². The number of nitrogens with zero attached hydrogens (tertiary/aromatic N) is 2. The Hall–Kier alpha value is -1.77. The number of rotatable bonds is 3. The Balaban J connectivity index is 1.77. The lowest BCUT2D eigenvalue weighted by molar-refractivity contribution is 0.571. The average Bonchev–Trinajstić information content (AvgIpc) is 2.80. The van der Waals surface area contributed by atoms with Crippen molar-refractivity contribution >= 4 is 5.95 Å². The van der Waals surface area contributed by atoms with Crippen molar-refractivity contribution in [3.63, 3.8) is 0 Å².